The summed E-state index contributed by atoms with van der Waals surface area (Å²) in [6.07, 6.45) is 1.59. The van der Waals surface area contributed by atoms with Gasteiger partial charge in [-0.2, -0.15) is 0 Å². The van der Waals surface area contributed by atoms with Crippen molar-refractivity contribution >= 4 is 11.0 Å². The lowest BCUT2D eigenvalue weighted by atomic mass is 9.80. The van der Waals surface area contributed by atoms with Crippen LogP contribution in [0.1, 0.15) is 140 Å². The molecule has 0 aliphatic carbocycles. The topological polar surface area (TPSA) is 50.9 Å². The smallest absolute Gasteiger partial charge is 0.149 e. The number of aromatic hydroxyl groups is 1. The van der Waals surface area contributed by atoms with Gasteiger partial charge in [0.15, 0.2) is 0 Å². The molecule has 63 heavy (non-hydrogen) atoms. The van der Waals surface area contributed by atoms with Gasteiger partial charge < -0.3 is 5.11 Å². The minimum absolute atomic E-state index is 0.0937. The van der Waals surface area contributed by atoms with Gasteiger partial charge in [-0.3, -0.25) is 9.55 Å². The summed E-state index contributed by atoms with van der Waals surface area (Å²) in [5.41, 5.74) is 11.3. The van der Waals surface area contributed by atoms with Crippen molar-refractivity contribution in [2.45, 2.75) is 112 Å². The van der Waals surface area contributed by atoms with Gasteiger partial charge in [-0.1, -0.05) is 168 Å². The first-order chi connectivity index (χ1) is 32.9. The van der Waals surface area contributed by atoms with Crippen molar-refractivity contribution in [3.05, 3.63) is 167 Å². The zero-order chi connectivity index (χ0) is 52.1. The second kappa shape index (κ2) is 16.8. The van der Waals surface area contributed by atoms with Gasteiger partial charge >= 0.3 is 0 Å². The summed E-state index contributed by atoms with van der Waals surface area (Å²) in [5, 5.41) is 12.4. The molecule has 0 radical (unpaired) electrons. The van der Waals surface area contributed by atoms with Crippen LogP contribution in [0.2, 0.25) is 0 Å². The summed E-state index contributed by atoms with van der Waals surface area (Å²) < 4.78 is 72.2. The first-order valence-electron chi connectivity index (χ1n) is 25.7. The Hall–Kier alpha value is -6.26. The summed E-state index contributed by atoms with van der Waals surface area (Å²) in [7, 11) is 0. The third-order valence-electron chi connectivity index (χ3n) is 11.9. The van der Waals surface area contributed by atoms with Crippen molar-refractivity contribution in [2.24, 2.45) is 0 Å². The van der Waals surface area contributed by atoms with Gasteiger partial charge in [0.1, 0.15) is 11.6 Å². The van der Waals surface area contributed by atoms with E-state index in [-0.39, 0.29) is 34.2 Å². The maximum atomic E-state index is 12.4. The number of para-hydroxylation sites is 1. The molecular formula is C59H63N3O. The van der Waals surface area contributed by atoms with Crippen molar-refractivity contribution in [1.82, 2.24) is 14.5 Å². The fourth-order valence-corrected chi connectivity index (χ4v) is 8.44. The van der Waals surface area contributed by atoms with E-state index >= 15 is 0 Å². The lowest BCUT2D eigenvalue weighted by Gasteiger charge is -2.25. The van der Waals surface area contributed by atoms with E-state index in [0.29, 0.717) is 45.0 Å². The number of phenolic OH excluding ortho intramolecular Hbond substituents is 1. The molecule has 8 aromatic rings. The molecule has 4 nitrogen and oxygen atoms in total. The minimum atomic E-state index is -1.23. The molecule has 0 aliphatic rings. The molecule has 0 fully saturated rings. The van der Waals surface area contributed by atoms with Crippen LogP contribution >= 0.6 is 0 Å². The molecule has 0 spiro atoms. The van der Waals surface area contributed by atoms with Crippen LogP contribution in [0.5, 0.6) is 5.75 Å². The number of benzene rings is 6. The second-order valence-electron chi connectivity index (χ2n) is 19.4. The van der Waals surface area contributed by atoms with E-state index in [1.165, 1.54) is 0 Å². The van der Waals surface area contributed by atoms with Gasteiger partial charge in [-0.05, 0) is 133 Å². The minimum Gasteiger partial charge on any atom is -0.507 e. The number of aromatic nitrogens is 3. The van der Waals surface area contributed by atoms with Gasteiger partial charge in [0.2, 0.25) is 0 Å². The van der Waals surface area contributed by atoms with Crippen molar-refractivity contribution in [3.8, 4) is 67.5 Å². The van der Waals surface area contributed by atoms with Gasteiger partial charge in [-0.15, -0.1) is 0 Å². The van der Waals surface area contributed by atoms with Crippen LogP contribution in [0.15, 0.2) is 140 Å². The summed E-state index contributed by atoms with van der Waals surface area (Å²) in [6, 6.07) is 31.9. The molecule has 0 saturated heterocycles. The fourth-order valence-electron chi connectivity index (χ4n) is 8.44. The molecule has 0 aliphatic heterocycles. The molecular weight excluding hydrogens is 767 g/mol. The molecule has 2 aromatic heterocycles. The Morgan fingerprint density at radius 1 is 0.587 bits per heavy atom. The zero-order valence-electron chi connectivity index (χ0n) is 46.7. The maximum Gasteiger partial charge on any atom is 0.149 e. The van der Waals surface area contributed by atoms with E-state index in [1.807, 2.05) is 60.9 Å². The highest BCUT2D eigenvalue weighted by Crippen LogP contribution is 2.45. The monoisotopic (exact) mass is 838 g/mol. The second-order valence-corrected chi connectivity index (χ2v) is 19.4. The lowest BCUT2D eigenvalue weighted by molar-refractivity contribution is 0.466. The molecule has 2 heterocycles. The highest BCUT2D eigenvalue weighted by Gasteiger charge is 2.26. The maximum absolute atomic E-state index is 12.4. The SMILES string of the molecule is [2H]c1c([2H])c([2H])c(-c2ccnc(-c3cc(-c4cccc5c4nc(-c4cc(C([2H])(C)C)cc(C([2H])(C)C)c4O)n5-c4ccc(-c5ccccc5C(C)(C)C)c(C([2H])(C)C)c4)cc(C(C)(C)C)c3)c2)c([2H])c1[2H]. The number of pyridine rings is 1. The fraction of sp³-hybridized carbons (Fsp3) is 0.288. The molecule has 0 atom stereocenters. The van der Waals surface area contributed by atoms with Crippen LogP contribution in [-0.2, 0) is 10.8 Å². The first-order valence-corrected chi connectivity index (χ1v) is 21.7. The number of hydrogen-bond donors (Lipinski definition) is 1. The van der Waals surface area contributed by atoms with Crippen molar-refractivity contribution in [1.29, 1.82) is 0 Å². The molecule has 1 N–H and O–H groups in total. The van der Waals surface area contributed by atoms with Gasteiger partial charge in [0.05, 0.1) is 29.1 Å². The summed E-state index contributed by atoms with van der Waals surface area (Å²) in [4.78, 5) is 10.2. The number of rotatable bonds is 9. The van der Waals surface area contributed by atoms with Crippen LogP contribution in [0.4, 0.5) is 0 Å². The molecule has 0 bridgehead atoms. The van der Waals surface area contributed by atoms with E-state index in [9.17, 15) is 7.85 Å². The lowest BCUT2D eigenvalue weighted by Crippen LogP contribution is -2.13. The van der Waals surface area contributed by atoms with Crippen LogP contribution in [0.3, 0.4) is 0 Å². The Bertz CT molecular complexity index is 3380. The molecule has 4 heteroatoms. The van der Waals surface area contributed by atoms with Crippen molar-refractivity contribution in [2.75, 3.05) is 0 Å². The van der Waals surface area contributed by atoms with Crippen molar-refractivity contribution in [3.63, 3.8) is 0 Å². The Labute approximate surface area is 387 Å². The largest absolute Gasteiger partial charge is 0.507 e. The Kier molecular flexibility index (Phi) is 9.13. The Balaban J connectivity index is 1.44. The normalized spacial score (nSPS) is 14.6. The Morgan fingerprint density at radius 2 is 1.29 bits per heavy atom. The van der Waals surface area contributed by atoms with Gasteiger partial charge in [0.25, 0.3) is 0 Å². The average Bonchev–Trinajstić information content (AvgIpc) is 3.68. The van der Waals surface area contributed by atoms with Crippen LogP contribution in [-0.4, -0.2) is 19.6 Å². The first kappa shape index (κ1) is 34.3. The quantitative estimate of drug-likeness (QED) is 0.158. The molecule has 0 amide bonds. The predicted molar refractivity (Wildman–Crippen MR) is 267 cm³/mol. The number of nitrogens with zero attached hydrogens (tertiary/aromatic N) is 3. The molecule has 0 saturated carbocycles. The molecule has 320 valence electrons. The van der Waals surface area contributed by atoms with E-state index in [0.717, 1.165) is 50.0 Å². The van der Waals surface area contributed by atoms with Crippen molar-refractivity contribution < 1.29 is 16.1 Å². The van der Waals surface area contributed by atoms with E-state index in [4.69, 9.17) is 18.2 Å². The van der Waals surface area contributed by atoms with Crippen LogP contribution < -0.4 is 0 Å². The van der Waals surface area contributed by atoms with E-state index in [2.05, 4.69) is 84.0 Å². The number of imidazole rings is 1. The van der Waals surface area contributed by atoms with Crippen LogP contribution in [0.25, 0.3) is 72.7 Å². The summed E-state index contributed by atoms with van der Waals surface area (Å²) in [5.74, 6) is -3.07. The number of phenols is 1. The third-order valence-corrected chi connectivity index (χ3v) is 11.9. The third kappa shape index (κ3) is 8.48. The highest BCUT2D eigenvalue weighted by molar-refractivity contribution is 5.97. The molecule has 6 aromatic carbocycles. The summed E-state index contributed by atoms with van der Waals surface area (Å²) >= 11 is 0. The van der Waals surface area contributed by atoms with Gasteiger partial charge in [0, 0.05) is 27.1 Å². The Morgan fingerprint density at radius 3 is 1.97 bits per heavy atom. The van der Waals surface area contributed by atoms with E-state index in [1.54, 1.807) is 52.1 Å². The number of hydrogen-bond acceptors (Lipinski definition) is 3. The molecule has 0 unspecified atom stereocenters. The number of fused-ring (bicyclic) bond motifs is 1. The predicted octanol–water partition coefficient (Wildman–Crippen LogP) is 16.4. The van der Waals surface area contributed by atoms with Crippen LogP contribution in [0, 0.1) is 0 Å². The van der Waals surface area contributed by atoms with Gasteiger partial charge in [-0.25, -0.2) is 4.98 Å². The highest BCUT2D eigenvalue weighted by atomic mass is 16.3. The standard InChI is InChI=1S/C59H63N3O/c1-36(2)41-32-50(38(5)6)56(63)51(33-41)57-61-55-46(42-29-43(31-44(30-42)58(7,8)9)53-34-40(27-28-60-53)39-19-14-13-15-20-39)22-18-24-54(55)62(57)45-25-26-47(49(35-45)37(3)4)48-21-16-17-23-52(48)59(10,11)12/h13-38,63H,1-12H3/i13D,14D,15D,19D,20D,36D,37D,38D. The van der Waals surface area contributed by atoms with E-state index < -0.39 is 35.8 Å². The summed E-state index contributed by atoms with van der Waals surface area (Å²) in [6.45, 7) is 23.8. The average molecular weight is 838 g/mol. The molecule has 8 rings (SSSR count). The zero-order valence-corrected chi connectivity index (χ0v) is 38.7.